The van der Waals surface area contributed by atoms with E-state index in [1.165, 1.54) is 7.11 Å². The lowest BCUT2D eigenvalue weighted by atomic mass is 10.0. The zero-order valence-corrected chi connectivity index (χ0v) is 17.0. The van der Waals surface area contributed by atoms with Crippen molar-refractivity contribution in [1.29, 1.82) is 0 Å². The molecule has 154 valence electrons. The molecule has 0 aliphatic heterocycles. The van der Waals surface area contributed by atoms with Crippen LogP contribution in [0.5, 0.6) is 5.75 Å². The highest BCUT2D eigenvalue weighted by Crippen LogP contribution is 2.19. The highest BCUT2D eigenvalue weighted by molar-refractivity contribution is 5.99. The van der Waals surface area contributed by atoms with E-state index < -0.39 is 17.9 Å². The number of nitrogens with one attached hydrogen (secondary N) is 2. The summed E-state index contributed by atoms with van der Waals surface area (Å²) in [4.78, 5) is 36.8. The maximum absolute atomic E-state index is 12.8. The fourth-order valence-corrected chi connectivity index (χ4v) is 2.63. The number of carbonyl (C=O) groups is 3. The molecule has 29 heavy (non-hydrogen) atoms. The van der Waals surface area contributed by atoms with E-state index in [0.717, 1.165) is 5.56 Å². The van der Waals surface area contributed by atoms with Crippen LogP contribution in [0.3, 0.4) is 0 Å². The predicted molar refractivity (Wildman–Crippen MR) is 110 cm³/mol. The number of carbonyl (C=O) groups excluding carboxylic acids is 3. The van der Waals surface area contributed by atoms with Crippen LogP contribution in [-0.4, -0.2) is 37.5 Å². The number of methoxy groups -OCH3 is 1. The molecule has 2 N–H and O–H groups in total. The van der Waals surface area contributed by atoms with Gasteiger partial charge in [0.25, 0.3) is 5.91 Å². The van der Waals surface area contributed by atoms with Gasteiger partial charge in [-0.3, -0.25) is 9.59 Å². The van der Waals surface area contributed by atoms with Crippen LogP contribution in [0.4, 0.5) is 5.69 Å². The van der Waals surface area contributed by atoms with Gasteiger partial charge < -0.3 is 20.1 Å². The molecule has 0 aliphatic rings. The lowest BCUT2D eigenvalue weighted by Crippen LogP contribution is -2.48. The Balaban J connectivity index is 2.04. The normalized spacial score (nSPS) is 11.5. The van der Waals surface area contributed by atoms with Crippen molar-refractivity contribution >= 4 is 23.5 Å². The lowest BCUT2D eigenvalue weighted by molar-refractivity contribution is -0.128. The Morgan fingerprint density at radius 1 is 1.03 bits per heavy atom. The number of amides is 2. The van der Waals surface area contributed by atoms with Gasteiger partial charge in [-0.1, -0.05) is 38.1 Å². The van der Waals surface area contributed by atoms with Gasteiger partial charge in [-0.15, -0.1) is 0 Å². The van der Waals surface area contributed by atoms with Gasteiger partial charge in [-0.05, 0) is 42.7 Å². The highest BCUT2D eigenvalue weighted by atomic mass is 16.5. The van der Waals surface area contributed by atoms with Gasteiger partial charge in [-0.25, -0.2) is 4.79 Å². The largest absolute Gasteiger partial charge is 0.484 e. The van der Waals surface area contributed by atoms with Crippen LogP contribution in [0.15, 0.2) is 48.5 Å². The number of esters is 1. The fraction of sp³-hybridized carbons (Fsp3) is 0.318. The van der Waals surface area contributed by atoms with Gasteiger partial charge >= 0.3 is 5.97 Å². The topological polar surface area (TPSA) is 93.7 Å². The first-order valence-corrected chi connectivity index (χ1v) is 9.29. The Bertz CT molecular complexity index is 865. The number of hydrogen-bond donors (Lipinski definition) is 2. The second-order valence-electron chi connectivity index (χ2n) is 6.90. The summed E-state index contributed by atoms with van der Waals surface area (Å²) in [5, 5.41) is 5.50. The third-order valence-electron chi connectivity index (χ3n) is 4.30. The van der Waals surface area contributed by atoms with E-state index in [4.69, 9.17) is 9.47 Å². The Morgan fingerprint density at radius 2 is 1.72 bits per heavy atom. The molecule has 1 atom stereocenters. The molecule has 0 saturated heterocycles. The fourth-order valence-electron chi connectivity index (χ4n) is 2.63. The molecule has 7 heteroatoms. The van der Waals surface area contributed by atoms with Crippen LogP contribution >= 0.6 is 0 Å². The Kier molecular flexibility index (Phi) is 7.77. The maximum Gasteiger partial charge on any atom is 0.337 e. The molecule has 2 aromatic carbocycles. The number of aryl methyl sites for hydroxylation is 1. The average molecular weight is 398 g/mol. The smallest absolute Gasteiger partial charge is 0.337 e. The Morgan fingerprint density at radius 3 is 2.34 bits per heavy atom. The molecule has 0 heterocycles. The molecule has 2 amide bonds. The van der Waals surface area contributed by atoms with Gasteiger partial charge in [0, 0.05) is 5.69 Å². The molecule has 0 spiro atoms. The molecule has 7 nitrogen and oxygen atoms in total. The molecule has 0 aromatic heterocycles. The zero-order chi connectivity index (χ0) is 21.4. The third kappa shape index (κ3) is 6.34. The first-order chi connectivity index (χ1) is 13.8. The number of rotatable bonds is 8. The quantitative estimate of drug-likeness (QED) is 0.667. The van der Waals surface area contributed by atoms with Gasteiger partial charge in [0.1, 0.15) is 11.8 Å². The highest BCUT2D eigenvalue weighted by Gasteiger charge is 2.25. The summed E-state index contributed by atoms with van der Waals surface area (Å²) in [5.41, 5.74) is 1.60. The van der Waals surface area contributed by atoms with Crippen molar-refractivity contribution in [2.45, 2.75) is 26.8 Å². The Hall–Kier alpha value is -3.35. The van der Waals surface area contributed by atoms with E-state index >= 15 is 0 Å². The van der Waals surface area contributed by atoms with E-state index in [1.807, 2.05) is 39.0 Å². The summed E-state index contributed by atoms with van der Waals surface area (Å²) in [5.74, 6) is -0.851. The summed E-state index contributed by atoms with van der Waals surface area (Å²) in [7, 11) is 1.29. The SMILES string of the molecule is COC(=O)c1ccc(C)c(NC(=O)[C@@H](NC(=O)COc2ccccc2)C(C)C)c1. The van der Waals surface area contributed by atoms with Crippen LogP contribution in [0.1, 0.15) is 29.8 Å². The molecule has 0 aliphatic carbocycles. The minimum atomic E-state index is -0.761. The van der Waals surface area contributed by atoms with Crippen molar-refractivity contribution in [3.05, 3.63) is 59.7 Å². The van der Waals surface area contributed by atoms with Crippen molar-refractivity contribution < 1.29 is 23.9 Å². The van der Waals surface area contributed by atoms with Crippen molar-refractivity contribution in [3.63, 3.8) is 0 Å². The van der Waals surface area contributed by atoms with Crippen LogP contribution < -0.4 is 15.4 Å². The third-order valence-corrected chi connectivity index (χ3v) is 4.30. The van der Waals surface area contributed by atoms with E-state index in [0.29, 0.717) is 17.0 Å². The molecule has 0 radical (unpaired) electrons. The minimum absolute atomic E-state index is 0.153. The molecule has 2 aromatic rings. The minimum Gasteiger partial charge on any atom is -0.484 e. The van der Waals surface area contributed by atoms with Crippen LogP contribution in [0, 0.1) is 12.8 Å². The molecule has 0 bridgehead atoms. The summed E-state index contributed by atoms with van der Waals surface area (Å²) in [6, 6.07) is 13.1. The number of hydrogen-bond acceptors (Lipinski definition) is 5. The molecular weight excluding hydrogens is 372 g/mol. The number of ether oxygens (including phenoxy) is 2. The first kappa shape index (κ1) is 21.9. The molecule has 0 fully saturated rings. The van der Waals surface area contributed by atoms with Gasteiger partial charge in [0.15, 0.2) is 6.61 Å². The number of anilines is 1. The van der Waals surface area contributed by atoms with Crippen LogP contribution in [0.2, 0.25) is 0 Å². The molecule has 2 rings (SSSR count). The van der Waals surface area contributed by atoms with E-state index in [9.17, 15) is 14.4 Å². The van der Waals surface area contributed by atoms with Crippen LogP contribution in [-0.2, 0) is 14.3 Å². The lowest BCUT2D eigenvalue weighted by Gasteiger charge is -2.22. The van der Waals surface area contributed by atoms with E-state index in [2.05, 4.69) is 10.6 Å². The molecule has 0 unspecified atom stereocenters. The zero-order valence-electron chi connectivity index (χ0n) is 17.0. The molecule has 0 saturated carbocycles. The Labute approximate surface area is 170 Å². The first-order valence-electron chi connectivity index (χ1n) is 9.29. The average Bonchev–Trinajstić information content (AvgIpc) is 2.71. The molecular formula is C22H26N2O5. The summed E-state index contributed by atoms with van der Waals surface area (Å²) < 4.78 is 10.1. The monoisotopic (exact) mass is 398 g/mol. The summed E-state index contributed by atoms with van der Waals surface area (Å²) in [6.07, 6.45) is 0. The van der Waals surface area contributed by atoms with Crippen molar-refractivity contribution in [2.75, 3.05) is 19.0 Å². The summed E-state index contributed by atoms with van der Waals surface area (Å²) >= 11 is 0. The van der Waals surface area contributed by atoms with Crippen molar-refractivity contribution in [2.24, 2.45) is 5.92 Å². The van der Waals surface area contributed by atoms with Gasteiger partial charge in [-0.2, -0.15) is 0 Å². The van der Waals surface area contributed by atoms with Crippen LogP contribution in [0.25, 0.3) is 0 Å². The van der Waals surface area contributed by atoms with Crippen molar-refractivity contribution in [1.82, 2.24) is 5.32 Å². The van der Waals surface area contributed by atoms with E-state index in [-0.39, 0.29) is 18.4 Å². The number of benzene rings is 2. The maximum atomic E-state index is 12.8. The predicted octanol–water partition coefficient (Wildman–Crippen LogP) is 2.94. The standard InChI is InChI=1S/C22H26N2O5/c1-14(2)20(24-19(25)13-29-17-8-6-5-7-9-17)21(26)23-18-12-16(22(27)28-4)11-10-15(18)3/h5-12,14,20H,13H2,1-4H3,(H,23,26)(H,24,25)/t20-/m0/s1. The van der Waals surface area contributed by atoms with Crippen molar-refractivity contribution in [3.8, 4) is 5.75 Å². The van der Waals surface area contributed by atoms with Gasteiger partial charge in [0.2, 0.25) is 5.91 Å². The van der Waals surface area contributed by atoms with E-state index in [1.54, 1.807) is 30.3 Å². The van der Waals surface area contributed by atoms with Gasteiger partial charge in [0.05, 0.1) is 12.7 Å². The summed E-state index contributed by atoms with van der Waals surface area (Å²) in [6.45, 7) is 5.28. The second kappa shape index (κ2) is 10.3. The second-order valence-corrected chi connectivity index (χ2v) is 6.90. The number of para-hydroxylation sites is 1.